The van der Waals surface area contributed by atoms with Gasteiger partial charge in [0.2, 0.25) is 0 Å². The monoisotopic (exact) mass is 316 g/mol. The third-order valence-electron chi connectivity index (χ3n) is 4.72. The second kappa shape index (κ2) is 5.77. The molecule has 0 bridgehead atoms. The number of nitrogens with zero attached hydrogens (tertiary/aromatic N) is 4. The van der Waals surface area contributed by atoms with Crippen molar-refractivity contribution < 1.29 is 9.90 Å². The van der Waals surface area contributed by atoms with Crippen LogP contribution in [0, 0.1) is 5.92 Å². The van der Waals surface area contributed by atoms with Crippen molar-refractivity contribution in [1.29, 1.82) is 0 Å². The van der Waals surface area contributed by atoms with Crippen molar-refractivity contribution in [1.82, 2.24) is 24.8 Å². The number of nitrogens with one attached hydrogen (secondary N) is 2. The largest absolute Gasteiger partial charge is 0.480 e. The van der Waals surface area contributed by atoms with Crippen LogP contribution in [0.15, 0.2) is 12.7 Å². The highest BCUT2D eigenvalue weighted by Gasteiger charge is 2.37. The van der Waals surface area contributed by atoms with Crippen LogP contribution in [0.1, 0.15) is 25.7 Å². The molecule has 3 N–H and O–H groups in total. The van der Waals surface area contributed by atoms with E-state index in [1.165, 1.54) is 19.2 Å². The van der Waals surface area contributed by atoms with Crippen molar-refractivity contribution in [2.75, 3.05) is 18.4 Å². The Morgan fingerprint density at radius 2 is 2.17 bits per heavy atom. The van der Waals surface area contributed by atoms with Crippen LogP contribution in [0.25, 0.3) is 11.2 Å². The predicted octanol–water partition coefficient (Wildman–Crippen LogP) is 1.09. The summed E-state index contributed by atoms with van der Waals surface area (Å²) >= 11 is 0. The highest BCUT2D eigenvalue weighted by atomic mass is 16.4. The molecule has 122 valence electrons. The van der Waals surface area contributed by atoms with E-state index < -0.39 is 5.97 Å². The highest BCUT2D eigenvalue weighted by Crippen LogP contribution is 2.34. The molecule has 4 rings (SSSR count). The fraction of sp³-hybridized carbons (Fsp3) is 0.600. The van der Waals surface area contributed by atoms with Crippen LogP contribution < -0.4 is 5.32 Å². The van der Waals surface area contributed by atoms with Gasteiger partial charge in [-0.2, -0.15) is 0 Å². The lowest BCUT2D eigenvalue weighted by atomic mass is 9.85. The van der Waals surface area contributed by atoms with E-state index >= 15 is 0 Å². The molecular formula is C15H20N6O2. The maximum absolute atomic E-state index is 11.1. The summed E-state index contributed by atoms with van der Waals surface area (Å²) in [7, 11) is 0. The molecule has 0 radical (unpaired) electrons. The molecule has 0 atom stereocenters. The normalized spacial score (nSPS) is 23.9. The first-order valence-corrected chi connectivity index (χ1v) is 8.05. The molecular weight excluding hydrogens is 296 g/mol. The molecule has 2 fully saturated rings. The average molecular weight is 316 g/mol. The number of hydrogen-bond donors (Lipinski definition) is 3. The van der Waals surface area contributed by atoms with E-state index in [1.807, 2.05) is 0 Å². The zero-order chi connectivity index (χ0) is 15.8. The fourth-order valence-electron chi connectivity index (χ4n) is 3.22. The Labute approximate surface area is 133 Å². The van der Waals surface area contributed by atoms with Gasteiger partial charge >= 0.3 is 5.97 Å². The summed E-state index contributed by atoms with van der Waals surface area (Å²) in [6, 6.07) is 0.667. The molecule has 2 aromatic rings. The minimum Gasteiger partial charge on any atom is -0.480 e. The van der Waals surface area contributed by atoms with Crippen LogP contribution in [0.5, 0.6) is 0 Å². The molecule has 0 unspecified atom stereocenters. The van der Waals surface area contributed by atoms with E-state index in [1.54, 1.807) is 6.33 Å². The van der Waals surface area contributed by atoms with Crippen LogP contribution in [-0.4, -0.2) is 61.1 Å². The summed E-state index contributed by atoms with van der Waals surface area (Å²) in [6.45, 7) is 1.06. The van der Waals surface area contributed by atoms with Gasteiger partial charge in [0.25, 0.3) is 0 Å². The maximum Gasteiger partial charge on any atom is 0.317 e. The third-order valence-corrected chi connectivity index (χ3v) is 4.72. The lowest BCUT2D eigenvalue weighted by molar-refractivity contribution is -0.139. The molecule has 8 nitrogen and oxygen atoms in total. The fourth-order valence-corrected chi connectivity index (χ4v) is 3.22. The number of anilines is 1. The molecule has 2 aliphatic carbocycles. The molecule has 23 heavy (non-hydrogen) atoms. The summed E-state index contributed by atoms with van der Waals surface area (Å²) in [6.07, 6.45) is 7.48. The van der Waals surface area contributed by atoms with Gasteiger partial charge in [0.1, 0.15) is 11.8 Å². The Hall–Kier alpha value is -2.22. The molecule has 2 aromatic heterocycles. The van der Waals surface area contributed by atoms with Gasteiger partial charge in [-0.15, -0.1) is 0 Å². The number of aromatic amines is 1. The number of carbonyl (C=O) groups is 1. The highest BCUT2D eigenvalue weighted by molar-refractivity contribution is 5.82. The van der Waals surface area contributed by atoms with Gasteiger partial charge in [0.05, 0.1) is 12.9 Å². The average Bonchev–Trinajstić information content (AvgIpc) is 3.14. The third kappa shape index (κ3) is 3.12. The molecule has 8 heteroatoms. The second-order valence-electron chi connectivity index (χ2n) is 6.56. The smallest absolute Gasteiger partial charge is 0.317 e. The number of imidazole rings is 1. The lowest BCUT2D eigenvalue weighted by Gasteiger charge is -2.43. The summed E-state index contributed by atoms with van der Waals surface area (Å²) in [4.78, 5) is 28.7. The van der Waals surface area contributed by atoms with E-state index in [0.29, 0.717) is 23.6 Å². The molecule has 2 saturated carbocycles. The summed E-state index contributed by atoms with van der Waals surface area (Å²) in [5.74, 6) is 0.729. The molecule has 0 saturated heterocycles. The Morgan fingerprint density at radius 3 is 2.91 bits per heavy atom. The van der Waals surface area contributed by atoms with Crippen molar-refractivity contribution in [3.05, 3.63) is 12.7 Å². The molecule has 2 heterocycles. The summed E-state index contributed by atoms with van der Waals surface area (Å²) in [5, 5.41) is 12.5. The van der Waals surface area contributed by atoms with Gasteiger partial charge in [-0.25, -0.2) is 15.0 Å². The van der Waals surface area contributed by atoms with Crippen LogP contribution in [0.3, 0.4) is 0 Å². The Bertz CT molecular complexity index is 707. The zero-order valence-electron chi connectivity index (χ0n) is 12.8. The molecule has 0 aliphatic heterocycles. The van der Waals surface area contributed by atoms with Crippen molar-refractivity contribution in [3.63, 3.8) is 0 Å². The van der Waals surface area contributed by atoms with E-state index in [-0.39, 0.29) is 6.54 Å². The number of fused-ring (bicyclic) bond motifs is 1. The first-order valence-electron chi connectivity index (χ1n) is 8.05. The lowest BCUT2D eigenvalue weighted by Crippen LogP contribution is -2.52. The van der Waals surface area contributed by atoms with Crippen molar-refractivity contribution in [3.8, 4) is 0 Å². The number of rotatable bonds is 7. The molecule has 0 spiro atoms. The van der Waals surface area contributed by atoms with Gasteiger partial charge in [-0.1, -0.05) is 0 Å². The van der Waals surface area contributed by atoms with E-state index in [2.05, 4.69) is 30.2 Å². The minimum atomic E-state index is -0.739. The van der Waals surface area contributed by atoms with Gasteiger partial charge in [0.15, 0.2) is 11.5 Å². The molecule has 0 amide bonds. The Morgan fingerprint density at radius 1 is 1.35 bits per heavy atom. The number of H-pyrrole nitrogens is 1. The van der Waals surface area contributed by atoms with Gasteiger partial charge in [-0.3, -0.25) is 9.69 Å². The van der Waals surface area contributed by atoms with Crippen LogP contribution in [-0.2, 0) is 4.79 Å². The first-order chi connectivity index (χ1) is 11.2. The van der Waals surface area contributed by atoms with Crippen LogP contribution in [0.4, 0.5) is 5.82 Å². The topological polar surface area (TPSA) is 107 Å². The molecule has 2 aliphatic rings. The standard InChI is InChI=1S/C15H20N6O2/c22-12(23)6-21(5-9-1-2-9)11-3-10(4-11)20-15-13-14(17-7-16-13)18-8-19-15/h7-11H,1-6H2,(H,22,23)(H2,16,17,18,19,20). The Balaban J connectivity index is 1.36. The van der Waals surface area contributed by atoms with E-state index in [4.69, 9.17) is 5.11 Å². The Kier molecular flexibility index (Phi) is 3.60. The quantitative estimate of drug-likeness (QED) is 0.702. The maximum atomic E-state index is 11.1. The van der Waals surface area contributed by atoms with Gasteiger partial charge < -0.3 is 15.4 Å². The minimum absolute atomic E-state index is 0.145. The zero-order valence-corrected chi connectivity index (χ0v) is 12.8. The summed E-state index contributed by atoms with van der Waals surface area (Å²) < 4.78 is 0. The van der Waals surface area contributed by atoms with Gasteiger partial charge in [0, 0.05) is 18.6 Å². The van der Waals surface area contributed by atoms with Crippen LogP contribution >= 0.6 is 0 Å². The first kappa shape index (κ1) is 14.4. The second-order valence-corrected chi connectivity index (χ2v) is 6.56. The SMILES string of the molecule is O=C(O)CN(CC1CC1)C1CC(Nc2ncnc3nc[nH]c23)C1. The van der Waals surface area contributed by atoms with E-state index in [9.17, 15) is 4.79 Å². The molecule has 0 aromatic carbocycles. The number of carboxylic acid groups (broad SMARTS) is 1. The number of carboxylic acids is 1. The van der Waals surface area contributed by atoms with Crippen molar-refractivity contribution in [2.24, 2.45) is 5.92 Å². The van der Waals surface area contributed by atoms with Crippen LogP contribution in [0.2, 0.25) is 0 Å². The number of aliphatic carboxylic acids is 1. The number of hydrogen-bond acceptors (Lipinski definition) is 6. The van der Waals surface area contributed by atoms with Crippen molar-refractivity contribution in [2.45, 2.75) is 37.8 Å². The van der Waals surface area contributed by atoms with Gasteiger partial charge in [-0.05, 0) is 31.6 Å². The summed E-state index contributed by atoms with van der Waals surface area (Å²) in [5.41, 5.74) is 1.47. The van der Waals surface area contributed by atoms with E-state index in [0.717, 1.165) is 30.7 Å². The number of aromatic nitrogens is 4. The van der Waals surface area contributed by atoms with Crippen molar-refractivity contribution >= 4 is 23.0 Å². The predicted molar refractivity (Wildman–Crippen MR) is 84.0 cm³/mol.